The topological polar surface area (TPSA) is 150 Å². The first-order chi connectivity index (χ1) is 15.9. The van der Waals surface area contributed by atoms with Crippen molar-refractivity contribution in [3.05, 3.63) is 80.6 Å². The second-order valence-electron chi connectivity index (χ2n) is 7.43. The van der Waals surface area contributed by atoms with Crippen LogP contribution >= 0.6 is 0 Å². The molecule has 0 saturated carbocycles. The van der Waals surface area contributed by atoms with Gasteiger partial charge in [-0.3, -0.25) is 19.4 Å². The van der Waals surface area contributed by atoms with Gasteiger partial charge >= 0.3 is 11.8 Å². The number of non-ortho nitro benzene ring substituents is 1. The van der Waals surface area contributed by atoms with Gasteiger partial charge in [0.05, 0.1) is 23.2 Å². The monoisotopic (exact) mass is 451 g/mol. The normalized spacial score (nSPS) is 10.9. The largest absolute Gasteiger partial charge is 0.419 e. The van der Waals surface area contributed by atoms with E-state index in [0.29, 0.717) is 42.0 Å². The molecule has 4 rings (SSSR count). The minimum absolute atomic E-state index is 0.114. The summed E-state index contributed by atoms with van der Waals surface area (Å²) in [6, 6.07) is 11.1. The molecule has 2 amide bonds. The molecule has 0 radical (unpaired) electrons. The van der Waals surface area contributed by atoms with Gasteiger partial charge in [-0.1, -0.05) is 22.9 Å². The maximum Gasteiger partial charge on any atom is 0.419 e. The molecule has 0 fully saturated rings. The third-order valence-electron chi connectivity index (χ3n) is 4.96. The molecular weight excluding hydrogens is 430 g/mol. The van der Waals surface area contributed by atoms with Crippen LogP contribution in [0.5, 0.6) is 0 Å². The Morgan fingerprint density at radius 1 is 1.18 bits per heavy atom. The molecule has 0 atom stereocenters. The highest BCUT2D eigenvalue weighted by Crippen LogP contribution is 2.20. The van der Waals surface area contributed by atoms with Crippen molar-refractivity contribution in [3.63, 3.8) is 0 Å². The predicted molar refractivity (Wildman–Crippen MR) is 119 cm³/mol. The molecule has 170 valence electrons. The number of nitrogens with one attached hydrogen (secondary N) is 2. The number of hydrogen-bond donors (Lipinski definition) is 2. The fourth-order valence-electron chi connectivity index (χ4n) is 3.28. The molecule has 0 unspecified atom stereocenters. The maximum absolute atomic E-state index is 12.1. The first-order valence-corrected chi connectivity index (χ1v) is 10.2. The number of hydrogen-bond acceptors (Lipinski definition) is 7. The van der Waals surface area contributed by atoms with Crippen LogP contribution in [0.15, 0.2) is 57.9 Å². The minimum Gasteiger partial charge on any atom is -0.408 e. The molecule has 12 nitrogen and oxygen atoms in total. The zero-order valence-corrected chi connectivity index (χ0v) is 17.7. The van der Waals surface area contributed by atoms with Gasteiger partial charge in [0.1, 0.15) is 5.69 Å². The fourth-order valence-corrected chi connectivity index (χ4v) is 3.28. The molecule has 2 heterocycles. The Kier molecular flexibility index (Phi) is 6.15. The van der Waals surface area contributed by atoms with Gasteiger partial charge in [-0.15, -0.1) is 5.10 Å². The standard InChI is InChI=1S/C21H21N7O5/c1-14-3-5-15(6-4-14)23-20(29)22-12-16-13-26(25-24-16)9-2-10-27-18-11-17(28(31)32)7-8-19(18)33-21(27)30/h3-8,11,13H,2,9-10,12H2,1H3,(H2,22,23,29). The van der Waals surface area contributed by atoms with Crippen LogP contribution in [0.2, 0.25) is 0 Å². The Hall–Kier alpha value is -4.48. The van der Waals surface area contributed by atoms with Gasteiger partial charge in [-0.25, -0.2) is 9.59 Å². The lowest BCUT2D eigenvalue weighted by Gasteiger charge is -2.06. The van der Waals surface area contributed by atoms with Crippen LogP contribution in [0.25, 0.3) is 11.1 Å². The van der Waals surface area contributed by atoms with Crippen LogP contribution in [0.3, 0.4) is 0 Å². The highest BCUT2D eigenvalue weighted by Gasteiger charge is 2.14. The Morgan fingerprint density at radius 3 is 2.73 bits per heavy atom. The average Bonchev–Trinajstić information content (AvgIpc) is 3.37. The maximum atomic E-state index is 12.1. The number of nitrogens with zero attached hydrogens (tertiary/aromatic N) is 5. The smallest absolute Gasteiger partial charge is 0.408 e. The molecule has 0 aliphatic rings. The van der Waals surface area contributed by atoms with Crippen LogP contribution < -0.4 is 16.4 Å². The Bertz CT molecular complexity index is 1350. The van der Waals surface area contributed by atoms with Gasteiger partial charge in [0.25, 0.3) is 5.69 Å². The SMILES string of the molecule is Cc1ccc(NC(=O)NCc2cn(CCCn3c(=O)oc4ccc([N+](=O)[O-])cc43)nn2)cc1. The number of carbonyl (C=O) groups is 1. The molecule has 0 spiro atoms. The molecule has 0 aliphatic heterocycles. The number of urea groups is 1. The van der Waals surface area contributed by atoms with E-state index in [1.165, 1.54) is 22.8 Å². The van der Waals surface area contributed by atoms with Gasteiger partial charge in [-0.05, 0) is 31.5 Å². The molecule has 0 bridgehead atoms. The molecule has 2 aromatic heterocycles. The van der Waals surface area contributed by atoms with E-state index >= 15 is 0 Å². The number of aromatic nitrogens is 4. The summed E-state index contributed by atoms with van der Waals surface area (Å²) in [6.07, 6.45) is 2.22. The first kappa shape index (κ1) is 21.7. The lowest BCUT2D eigenvalue weighted by molar-refractivity contribution is -0.384. The van der Waals surface area contributed by atoms with Crippen molar-refractivity contribution >= 4 is 28.5 Å². The average molecular weight is 451 g/mol. The molecule has 0 saturated heterocycles. The molecule has 2 aromatic carbocycles. The quantitative estimate of drug-likeness (QED) is 0.309. The van der Waals surface area contributed by atoms with Gasteiger partial charge < -0.3 is 15.1 Å². The lowest BCUT2D eigenvalue weighted by Crippen LogP contribution is -2.28. The predicted octanol–water partition coefficient (Wildman–Crippen LogP) is 2.81. The van der Waals surface area contributed by atoms with E-state index in [1.807, 2.05) is 31.2 Å². The Labute approximate surface area is 187 Å². The highest BCUT2D eigenvalue weighted by molar-refractivity contribution is 5.89. The number of fused-ring (bicyclic) bond motifs is 1. The third-order valence-corrected chi connectivity index (χ3v) is 4.96. The van der Waals surface area contributed by atoms with Crippen LogP contribution in [-0.2, 0) is 19.6 Å². The van der Waals surface area contributed by atoms with Crippen molar-refractivity contribution in [1.29, 1.82) is 0 Å². The van der Waals surface area contributed by atoms with Crippen molar-refractivity contribution in [2.75, 3.05) is 5.32 Å². The van der Waals surface area contributed by atoms with Crippen LogP contribution in [0.1, 0.15) is 17.7 Å². The number of nitro groups is 1. The summed E-state index contributed by atoms with van der Waals surface area (Å²) >= 11 is 0. The van der Waals surface area contributed by atoms with E-state index in [9.17, 15) is 19.7 Å². The number of nitro benzene ring substituents is 1. The fraction of sp³-hybridized carbons (Fsp3) is 0.238. The van der Waals surface area contributed by atoms with Crippen molar-refractivity contribution in [3.8, 4) is 0 Å². The molecule has 2 N–H and O–H groups in total. The summed E-state index contributed by atoms with van der Waals surface area (Å²) in [5, 5.41) is 24.5. The summed E-state index contributed by atoms with van der Waals surface area (Å²) < 4.78 is 8.11. The molecule has 12 heteroatoms. The van der Waals surface area contributed by atoms with Gasteiger partial charge in [-0.2, -0.15) is 0 Å². The van der Waals surface area contributed by atoms with Crippen molar-refractivity contribution < 1.29 is 14.1 Å². The van der Waals surface area contributed by atoms with Gasteiger partial charge in [0.15, 0.2) is 5.58 Å². The third kappa shape index (κ3) is 5.23. The van der Waals surface area contributed by atoms with Crippen LogP contribution in [0.4, 0.5) is 16.2 Å². The first-order valence-electron chi connectivity index (χ1n) is 10.2. The number of rotatable bonds is 8. The number of aryl methyl sites for hydroxylation is 3. The zero-order valence-electron chi connectivity index (χ0n) is 17.7. The number of carbonyl (C=O) groups excluding carboxylic acids is 1. The molecule has 0 aliphatic carbocycles. The van der Waals surface area contributed by atoms with Crippen LogP contribution in [-0.4, -0.2) is 30.5 Å². The van der Waals surface area contributed by atoms with Crippen molar-refractivity contribution in [2.24, 2.45) is 0 Å². The second kappa shape index (κ2) is 9.34. The van der Waals surface area contributed by atoms with E-state index in [4.69, 9.17) is 4.42 Å². The summed E-state index contributed by atoms with van der Waals surface area (Å²) in [5.41, 5.74) is 2.92. The summed E-state index contributed by atoms with van der Waals surface area (Å²) in [7, 11) is 0. The van der Waals surface area contributed by atoms with E-state index in [1.54, 1.807) is 10.9 Å². The minimum atomic E-state index is -0.575. The summed E-state index contributed by atoms with van der Waals surface area (Å²) in [4.78, 5) is 34.6. The van der Waals surface area contributed by atoms with E-state index in [2.05, 4.69) is 20.9 Å². The zero-order chi connectivity index (χ0) is 23.4. The van der Waals surface area contributed by atoms with E-state index in [0.717, 1.165) is 5.56 Å². The number of oxazole rings is 1. The number of anilines is 1. The molecular formula is C21H21N7O5. The Balaban J connectivity index is 1.29. The molecule has 33 heavy (non-hydrogen) atoms. The van der Waals surface area contributed by atoms with Gasteiger partial charge in [0, 0.05) is 30.9 Å². The van der Waals surface area contributed by atoms with Crippen molar-refractivity contribution in [1.82, 2.24) is 24.9 Å². The summed E-state index contributed by atoms with van der Waals surface area (Å²) in [6.45, 7) is 2.91. The lowest BCUT2D eigenvalue weighted by atomic mass is 10.2. The van der Waals surface area contributed by atoms with Gasteiger partial charge in [0.2, 0.25) is 0 Å². The van der Waals surface area contributed by atoms with Crippen LogP contribution in [0, 0.1) is 17.0 Å². The number of benzene rings is 2. The molecule has 4 aromatic rings. The summed E-state index contributed by atoms with van der Waals surface area (Å²) in [5.74, 6) is -0.575. The van der Waals surface area contributed by atoms with E-state index in [-0.39, 0.29) is 18.3 Å². The van der Waals surface area contributed by atoms with E-state index < -0.39 is 10.7 Å². The van der Waals surface area contributed by atoms with Crippen molar-refractivity contribution in [2.45, 2.75) is 33.0 Å². The number of amides is 2. The highest BCUT2D eigenvalue weighted by atomic mass is 16.6. The second-order valence-corrected chi connectivity index (χ2v) is 7.43. The Morgan fingerprint density at radius 2 is 1.97 bits per heavy atom.